The van der Waals surface area contributed by atoms with Gasteiger partial charge in [0.1, 0.15) is 11.4 Å². The number of hydrogen-bond donors (Lipinski definition) is 2. The number of rotatable bonds is 1. The molecule has 28 heavy (non-hydrogen) atoms. The van der Waals surface area contributed by atoms with E-state index in [4.69, 9.17) is 0 Å². The Hall–Kier alpha value is -1.66. The lowest BCUT2D eigenvalue weighted by Gasteiger charge is -2.61. The monoisotopic (exact) mass is 392 g/mol. The smallest absolute Gasteiger partial charge is 0.178 e. The lowest BCUT2D eigenvalue weighted by molar-refractivity contribution is -0.204. The molecule has 0 heterocycles. The van der Waals surface area contributed by atoms with Crippen LogP contribution < -0.4 is 0 Å². The summed E-state index contributed by atoms with van der Waals surface area (Å²) in [5, 5.41) is 22.4. The molecule has 8 atom stereocenters. The Bertz CT molecular complexity index is 876. The molecular formula is C22H26F2O4. The van der Waals surface area contributed by atoms with Crippen LogP contribution in [0.15, 0.2) is 35.7 Å². The molecule has 0 saturated heterocycles. The summed E-state index contributed by atoms with van der Waals surface area (Å²) in [5.74, 6) is -3.52. The minimum absolute atomic E-state index is 0.0609. The van der Waals surface area contributed by atoms with Crippen LogP contribution in [0.3, 0.4) is 0 Å². The maximum absolute atomic E-state index is 16.8. The predicted molar refractivity (Wildman–Crippen MR) is 98.5 cm³/mol. The molecule has 2 N–H and O–H groups in total. The zero-order chi connectivity index (χ0) is 20.9. The molecule has 0 bridgehead atoms. The van der Waals surface area contributed by atoms with Gasteiger partial charge in [0, 0.05) is 16.9 Å². The van der Waals surface area contributed by atoms with Gasteiger partial charge >= 0.3 is 0 Å². The topological polar surface area (TPSA) is 74.6 Å². The molecule has 0 aliphatic heterocycles. The van der Waals surface area contributed by atoms with Crippen molar-refractivity contribution in [3.05, 3.63) is 35.7 Å². The maximum Gasteiger partial charge on any atom is 0.178 e. The number of allylic oxidation sites excluding steroid dienone is 6. The van der Waals surface area contributed by atoms with Crippen molar-refractivity contribution in [1.82, 2.24) is 0 Å². The molecule has 4 nitrogen and oxygen atoms in total. The Labute approximate surface area is 163 Å². The highest BCUT2D eigenvalue weighted by molar-refractivity contribution is 6.02. The third-order valence-corrected chi connectivity index (χ3v) is 8.37. The van der Waals surface area contributed by atoms with Crippen LogP contribution in [0, 0.1) is 28.6 Å². The van der Waals surface area contributed by atoms with E-state index in [1.54, 1.807) is 13.8 Å². The quantitative estimate of drug-likeness (QED) is 0.719. The molecule has 0 spiro atoms. The van der Waals surface area contributed by atoms with Gasteiger partial charge in [0.05, 0.1) is 11.5 Å². The highest BCUT2D eigenvalue weighted by Gasteiger charge is 2.75. The zero-order valence-electron chi connectivity index (χ0n) is 16.5. The fraction of sp³-hybridized carbons (Fsp3) is 0.636. The molecule has 0 amide bonds. The summed E-state index contributed by atoms with van der Waals surface area (Å²) in [7, 11) is 0. The van der Waals surface area contributed by atoms with Gasteiger partial charge in [-0.05, 0) is 56.8 Å². The van der Waals surface area contributed by atoms with Gasteiger partial charge in [0.2, 0.25) is 0 Å². The van der Waals surface area contributed by atoms with Crippen molar-refractivity contribution < 1.29 is 28.6 Å². The first-order valence-electron chi connectivity index (χ1n) is 9.77. The van der Waals surface area contributed by atoms with Crippen molar-refractivity contribution in [2.75, 3.05) is 0 Å². The Balaban J connectivity index is 1.94. The SMILES string of the molecule is CC(=O)[C@@]1(O)[C@@H](C)C[C@H]2[C@@H]3C=C(F)C4=CC(=O)C=C[C@]4(C)[C@@]3(F)[C@@H](O)C[C@@]21C. The molecule has 0 unspecified atom stereocenters. The number of carbonyl (C=O) groups is 2. The van der Waals surface area contributed by atoms with Gasteiger partial charge in [-0.1, -0.05) is 19.9 Å². The number of fused-ring (bicyclic) bond motifs is 5. The third kappa shape index (κ3) is 1.91. The average molecular weight is 392 g/mol. The van der Waals surface area contributed by atoms with Crippen molar-refractivity contribution >= 4 is 11.6 Å². The normalized spacial score (nSPS) is 52.4. The van der Waals surface area contributed by atoms with E-state index in [2.05, 4.69) is 0 Å². The second kappa shape index (κ2) is 5.48. The predicted octanol–water partition coefficient (Wildman–Crippen LogP) is 3.00. The van der Waals surface area contributed by atoms with E-state index in [9.17, 15) is 19.8 Å². The standard InChI is InChI=1S/C22H26F2O4/c1-11-7-14-15-9-17(23)16-8-13(26)5-6-19(16,3)21(15,24)18(27)10-20(14,4)22(11,28)12(2)25/h5-6,8-9,11,14-15,18,27-28H,7,10H2,1-4H3/t11-,14-,15-,18-,19-,20-,21-,22-/m0/s1. The number of alkyl halides is 1. The van der Waals surface area contributed by atoms with Gasteiger partial charge in [-0.2, -0.15) is 0 Å². The summed E-state index contributed by atoms with van der Waals surface area (Å²) in [5.41, 5.74) is -6.61. The van der Waals surface area contributed by atoms with Gasteiger partial charge in [-0.25, -0.2) is 8.78 Å². The Morgan fingerprint density at radius 3 is 2.57 bits per heavy atom. The van der Waals surface area contributed by atoms with E-state index < -0.39 is 63.4 Å². The number of ketones is 2. The number of aliphatic hydroxyl groups excluding tert-OH is 1. The van der Waals surface area contributed by atoms with Crippen molar-refractivity contribution in [2.45, 2.75) is 57.9 Å². The minimum Gasteiger partial charge on any atom is -0.390 e. The molecule has 152 valence electrons. The molecule has 4 aliphatic rings. The van der Waals surface area contributed by atoms with E-state index >= 15 is 8.78 Å². The van der Waals surface area contributed by atoms with E-state index in [0.717, 1.165) is 12.2 Å². The first-order valence-corrected chi connectivity index (χ1v) is 9.77. The van der Waals surface area contributed by atoms with Gasteiger partial charge in [0.25, 0.3) is 0 Å². The Kier molecular flexibility index (Phi) is 3.85. The van der Waals surface area contributed by atoms with Gasteiger partial charge in [-0.3, -0.25) is 9.59 Å². The van der Waals surface area contributed by atoms with Crippen LogP contribution in [0.5, 0.6) is 0 Å². The zero-order valence-corrected chi connectivity index (χ0v) is 16.5. The first-order chi connectivity index (χ1) is 12.8. The molecule has 0 aromatic carbocycles. The molecular weight excluding hydrogens is 366 g/mol. The fourth-order valence-corrected chi connectivity index (χ4v) is 6.83. The van der Waals surface area contributed by atoms with Crippen LogP contribution in [0.2, 0.25) is 0 Å². The van der Waals surface area contributed by atoms with E-state index in [0.29, 0.717) is 6.42 Å². The van der Waals surface area contributed by atoms with Crippen LogP contribution in [0.1, 0.15) is 40.5 Å². The average Bonchev–Trinajstić information content (AvgIpc) is 2.81. The largest absolute Gasteiger partial charge is 0.390 e. The van der Waals surface area contributed by atoms with Crippen molar-refractivity contribution in [2.24, 2.45) is 28.6 Å². The third-order valence-electron chi connectivity index (χ3n) is 8.37. The highest BCUT2D eigenvalue weighted by atomic mass is 19.1. The van der Waals surface area contributed by atoms with Crippen molar-refractivity contribution in [1.29, 1.82) is 0 Å². The summed E-state index contributed by atoms with van der Waals surface area (Å²) in [6.45, 7) is 6.25. The van der Waals surface area contributed by atoms with E-state index in [-0.39, 0.29) is 12.0 Å². The van der Waals surface area contributed by atoms with Crippen LogP contribution in [0.25, 0.3) is 0 Å². The van der Waals surface area contributed by atoms with Crippen LogP contribution >= 0.6 is 0 Å². The summed E-state index contributed by atoms with van der Waals surface area (Å²) in [4.78, 5) is 24.2. The summed E-state index contributed by atoms with van der Waals surface area (Å²) < 4.78 is 31.9. The highest BCUT2D eigenvalue weighted by Crippen LogP contribution is 2.70. The lowest BCUT2D eigenvalue weighted by Crippen LogP contribution is -2.68. The van der Waals surface area contributed by atoms with Gasteiger partial charge in [-0.15, -0.1) is 0 Å². The molecule has 4 rings (SSSR count). The molecule has 0 aromatic heterocycles. The Morgan fingerprint density at radius 2 is 1.96 bits per heavy atom. The first kappa shape index (κ1) is 19.6. The number of hydrogen-bond acceptors (Lipinski definition) is 4. The summed E-state index contributed by atoms with van der Waals surface area (Å²) >= 11 is 0. The van der Waals surface area contributed by atoms with Crippen LogP contribution in [0.4, 0.5) is 8.78 Å². The van der Waals surface area contributed by atoms with Crippen LogP contribution in [-0.2, 0) is 9.59 Å². The van der Waals surface area contributed by atoms with Gasteiger partial charge in [0.15, 0.2) is 17.2 Å². The van der Waals surface area contributed by atoms with Crippen molar-refractivity contribution in [3.8, 4) is 0 Å². The van der Waals surface area contributed by atoms with E-state index in [1.807, 2.05) is 0 Å². The number of halogens is 2. The van der Waals surface area contributed by atoms with Crippen molar-refractivity contribution in [3.63, 3.8) is 0 Å². The maximum atomic E-state index is 16.8. The molecule has 6 heteroatoms. The number of aliphatic hydroxyl groups is 2. The Morgan fingerprint density at radius 1 is 1.32 bits per heavy atom. The van der Waals surface area contributed by atoms with Crippen LogP contribution in [-0.4, -0.2) is 39.2 Å². The van der Waals surface area contributed by atoms with E-state index in [1.165, 1.54) is 26.0 Å². The molecule has 0 radical (unpaired) electrons. The summed E-state index contributed by atoms with van der Waals surface area (Å²) in [6, 6.07) is 0. The number of carbonyl (C=O) groups excluding carboxylic acids is 2. The molecule has 2 saturated carbocycles. The minimum atomic E-state index is -2.25. The van der Waals surface area contributed by atoms with Gasteiger partial charge < -0.3 is 10.2 Å². The molecule has 4 aliphatic carbocycles. The fourth-order valence-electron chi connectivity index (χ4n) is 6.83. The second-order valence-electron chi connectivity index (χ2n) is 9.51. The summed E-state index contributed by atoms with van der Waals surface area (Å²) in [6.07, 6.45) is 3.50. The lowest BCUT2D eigenvalue weighted by atomic mass is 9.46. The molecule has 0 aromatic rings. The molecule has 2 fully saturated rings. The second-order valence-corrected chi connectivity index (χ2v) is 9.51. The number of Topliss-reactive ketones (excluding diaryl/α,β-unsaturated/α-hetero) is 1.